The van der Waals surface area contributed by atoms with Crippen molar-refractivity contribution in [2.75, 3.05) is 26.3 Å². The Bertz CT molecular complexity index is 602. The van der Waals surface area contributed by atoms with Crippen LogP contribution >= 0.6 is 24.0 Å². The maximum absolute atomic E-state index is 14.0. The lowest BCUT2D eigenvalue weighted by Gasteiger charge is -2.37. The van der Waals surface area contributed by atoms with Crippen molar-refractivity contribution >= 4 is 29.9 Å². The molecule has 0 atom stereocenters. The zero-order valence-electron chi connectivity index (χ0n) is 17.1. The molecule has 1 fully saturated rings. The molecule has 0 saturated heterocycles. The van der Waals surface area contributed by atoms with E-state index >= 15 is 0 Å². The van der Waals surface area contributed by atoms with Gasteiger partial charge < -0.3 is 20.5 Å². The average Bonchev–Trinajstić information content (AvgIpc) is 2.67. The molecule has 0 heterocycles. The van der Waals surface area contributed by atoms with Crippen LogP contribution in [-0.4, -0.2) is 37.4 Å². The van der Waals surface area contributed by atoms with Gasteiger partial charge in [0, 0.05) is 19.7 Å². The number of aliphatic hydroxyl groups excluding tert-OH is 1. The van der Waals surface area contributed by atoms with E-state index < -0.39 is 0 Å². The lowest BCUT2D eigenvalue weighted by molar-refractivity contribution is 0.131. The van der Waals surface area contributed by atoms with Crippen molar-refractivity contribution in [3.63, 3.8) is 0 Å². The van der Waals surface area contributed by atoms with E-state index in [9.17, 15) is 9.50 Å². The molecule has 1 aromatic carbocycles. The van der Waals surface area contributed by atoms with Gasteiger partial charge >= 0.3 is 0 Å². The molecule has 3 N–H and O–H groups in total. The predicted molar refractivity (Wildman–Crippen MR) is 123 cm³/mol. The van der Waals surface area contributed by atoms with E-state index in [0.29, 0.717) is 13.2 Å². The Labute approximate surface area is 185 Å². The highest BCUT2D eigenvalue weighted by molar-refractivity contribution is 14.0. The SMILES string of the molecule is CCNC(=NCc1ccc(OCC)c(F)c1)NCC1(CCO)CCCCC1.I. The number of aliphatic hydroxyl groups is 1. The van der Waals surface area contributed by atoms with Crippen LogP contribution in [0, 0.1) is 11.2 Å². The molecule has 7 heteroatoms. The number of rotatable bonds is 9. The summed E-state index contributed by atoms with van der Waals surface area (Å²) in [6, 6.07) is 4.98. The van der Waals surface area contributed by atoms with Crippen molar-refractivity contribution in [3.8, 4) is 5.75 Å². The highest BCUT2D eigenvalue weighted by Crippen LogP contribution is 2.38. The van der Waals surface area contributed by atoms with Gasteiger partial charge in [-0.2, -0.15) is 0 Å². The largest absolute Gasteiger partial charge is 0.491 e. The zero-order valence-corrected chi connectivity index (χ0v) is 19.4. The third-order valence-corrected chi connectivity index (χ3v) is 5.25. The van der Waals surface area contributed by atoms with Crippen LogP contribution in [-0.2, 0) is 6.54 Å². The Kier molecular flexibility index (Phi) is 11.8. The fourth-order valence-electron chi connectivity index (χ4n) is 3.75. The summed E-state index contributed by atoms with van der Waals surface area (Å²) in [7, 11) is 0. The number of aliphatic imine (C=N–C) groups is 1. The third kappa shape index (κ3) is 7.73. The quantitative estimate of drug-likeness (QED) is 0.266. The molecular formula is C21H35FIN3O2. The van der Waals surface area contributed by atoms with E-state index in [1.54, 1.807) is 6.07 Å². The summed E-state index contributed by atoms with van der Waals surface area (Å²) in [5.41, 5.74) is 0.949. The molecule has 1 aliphatic rings. The molecule has 2 rings (SSSR count). The summed E-state index contributed by atoms with van der Waals surface area (Å²) in [5.74, 6) is 0.653. The first-order chi connectivity index (χ1) is 13.1. The summed E-state index contributed by atoms with van der Waals surface area (Å²) < 4.78 is 19.2. The van der Waals surface area contributed by atoms with Gasteiger partial charge in [-0.3, -0.25) is 0 Å². The summed E-state index contributed by atoms with van der Waals surface area (Å²) in [4.78, 5) is 4.60. The Morgan fingerprint density at radius 1 is 1.21 bits per heavy atom. The zero-order chi connectivity index (χ0) is 19.5. The van der Waals surface area contributed by atoms with Crippen LogP contribution in [0.2, 0.25) is 0 Å². The molecule has 1 aliphatic carbocycles. The number of guanidine groups is 1. The molecule has 28 heavy (non-hydrogen) atoms. The Morgan fingerprint density at radius 2 is 1.96 bits per heavy atom. The lowest BCUT2D eigenvalue weighted by atomic mass is 9.72. The number of halogens is 2. The van der Waals surface area contributed by atoms with Crippen LogP contribution in [0.25, 0.3) is 0 Å². The van der Waals surface area contributed by atoms with Gasteiger partial charge in [0.2, 0.25) is 0 Å². The van der Waals surface area contributed by atoms with Gasteiger partial charge in [0.25, 0.3) is 0 Å². The number of ether oxygens (including phenoxy) is 1. The summed E-state index contributed by atoms with van der Waals surface area (Å²) in [5, 5.41) is 16.2. The molecule has 160 valence electrons. The predicted octanol–water partition coefficient (Wildman–Crippen LogP) is 4.23. The molecule has 0 aromatic heterocycles. The minimum absolute atomic E-state index is 0. The Morgan fingerprint density at radius 3 is 2.57 bits per heavy atom. The second kappa shape index (κ2) is 13.2. The number of nitrogens with one attached hydrogen (secondary N) is 2. The van der Waals surface area contributed by atoms with Crippen LogP contribution in [0.5, 0.6) is 5.75 Å². The molecule has 1 aromatic rings. The lowest BCUT2D eigenvalue weighted by Crippen LogP contribution is -2.44. The normalized spacial score (nSPS) is 16.2. The maximum atomic E-state index is 14.0. The van der Waals surface area contributed by atoms with Crippen molar-refractivity contribution in [1.29, 1.82) is 0 Å². The van der Waals surface area contributed by atoms with Crippen molar-refractivity contribution in [3.05, 3.63) is 29.6 Å². The average molecular weight is 507 g/mol. The van der Waals surface area contributed by atoms with Gasteiger partial charge in [-0.1, -0.05) is 25.3 Å². The molecule has 0 unspecified atom stereocenters. The molecule has 0 bridgehead atoms. The fraction of sp³-hybridized carbons (Fsp3) is 0.667. The summed E-state index contributed by atoms with van der Waals surface area (Å²) in [6.07, 6.45) is 6.84. The monoisotopic (exact) mass is 507 g/mol. The Balaban J connectivity index is 0.00000392. The van der Waals surface area contributed by atoms with E-state index in [0.717, 1.165) is 43.9 Å². The molecule has 0 amide bonds. The van der Waals surface area contributed by atoms with E-state index in [1.807, 2.05) is 19.9 Å². The van der Waals surface area contributed by atoms with Gasteiger partial charge in [0.1, 0.15) is 0 Å². The summed E-state index contributed by atoms with van der Waals surface area (Å²) in [6.45, 7) is 6.48. The molecule has 1 saturated carbocycles. The maximum Gasteiger partial charge on any atom is 0.191 e. The standard InChI is InChI=1S/C21H34FN3O2.HI/c1-3-23-20(25-16-21(12-13-26)10-6-5-7-11-21)24-15-17-8-9-19(27-4-2)18(22)14-17;/h8-9,14,26H,3-7,10-13,15-16H2,1-2H3,(H2,23,24,25);1H. The first-order valence-corrected chi connectivity index (χ1v) is 10.2. The number of benzene rings is 1. The Hall–Kier alpha value is -1.09. The van der Waals surface area contributed by atoms with E-state index in [2.05, 4.69) is 15.6 Å². The number of hydrogen-bond acceptors (Lipinski definition) is 3. The van der Waals surface area contributed by atoms with Gasteiger partial charge in [-0.15, -0.1) is 24.0 Å². The van der Waals surface area contributed by atoms with Crippen molar-refractivity contribution in [1.82, 2.24) is 10.6 Å². The second-order valence-electron chi connectivity index (χ2n) is 7.28. The van der Waals surface area contributed by atoms with Crippen molar-refractivity contribution < 1.29 is 14.2 Å². The minimum Gasteiger partial charge on any atom is -0.491 e. The minimum atomic E-state index is -0.355. The first kappa shape index (κ1) is 24.9. The molecule has 5 nitrogen and oxygen atoms in total. The van der Waals surface area contributed by atoms with Gasteiger partial charge in [-0.05, 0) is 56.2 Å². The van der Waals surface area contributed by atoms with Gasteiger partial charge in [0.05, 0.1) is 13.2 Å². The van der Waals surface area contributed by atoms with E-state index in [4.69, 9.17) is 4.74 Å². The van der Waals surface area contributed by atoms with Crippen molar-refractivity contribution in [2.45, 2.75) is 58.9 Å². The third-order valence-electron chi connectivity index (χ3n) is 5.25. The molecule has 0 aliphatic heterocycles. The van der Waals surface area contributed by atoms with Crippen LogP contribution < -0.4 is 15.4 Å². The fourth-order valence-corrected chi connectivity index (χ4v) is 3.75. The van der Waals surface area contributed by atoms with Crippen molar-refractivity contribution in [2.24, 2.45) is 10.4 Å². The van der Waals surface area contributed by atoms with Crippen LogP contribution in [0.4, 0.5) is 4.39 Å². The molecule has 0 radical (unpaired) electrons. The topological polar surface area (TPSA) is 65.9 Å². The smallest absolute Gasteiger partial charge is 0.191 e. The summed E-state index contributed by atoms with van der Waals surface area (Å²) >= 11 is 0. The second-order valence-corrected chi connectivity index (χ2v) is 7.28. The van der Waals surface area contributed by atoms with E-state index in [1.165, 1.54) is 25.3 Å². The first-order valence-electron chi connectivity index (χ1n) is 10.2. The van der Waals surface area contributed by atoms with Crippen LogP contribution in [0.15, 0.2) is 23.2 Å². The highest BCUT2D eigenvalue weighted by Gasteiger charge is 2.31. The highest BCUT2D eigenvalue weighted by atomic mass is 127. The van der Waals surface area contributed by atoms with Gasteiger partial charge in [0.15, 0.2) is 17.5 Å². The van der Waals surface area contributed by atoms with Crippen LogP contribution in [0.3, 0.4) is 0 Å². The number of nitrogens with zero attached hydrogens (tertiary/aromatic N) is 1. The number of hydrogen-bond donors (Lipinski definition) is 3. The van der Waals surface area contributed by atoms with Gasteiger partial charge in [-0.25, -0.2) is 9.38 Å². The van der Waals surface area contributed by atoms with Crippen LogP contribution in [0.1, 0.15) is 57.9 Å². The van der Waals surface area contributed by atoms with E-state index in [-0.39, 0.29) is 47.6 Å². The molecular weight excluding hydrogens is 472 g/mol. The molecule has 0 spiro atoms.